The first-order valence-electron chi connectivity index (χ1n) is 6.44. The normalized spacial score (nSPS) is 24.0. The van der Waals surface area contributed by atoms with Crippen molar-refractivity contribution >= 4 is 5.69 Å². The average molecular weight is 255 g/mol. The lowest BCUT2D eigenvalue weighted by Gasteiger charge is -2.30. The molecule has 1 fully saturated rings. The molecule has 0 bridgehead atoms. The Morgan fingerprint density at radius 1 is 1.33 bits per heavy atom. The highest BCUT2D eigenvalue weighted by Gasteiger charge is 2.22. The van der Waals surface area contributed by atoms with Crippen molar-refractivity contribution in [2.24, 2.45) is 0 Å². The molecule has 2 atom stereocenters. The van der Waals surface area contributed by atoms with Crippen molar-refractivity contribution in [1.82, 2.24) is 0 Å². The van der Waals surface area contributed by atoms with Gasteiger partial charge in [-0.1, -0.05) is 6.92 Å². The molecule has 2 unspecified atom stereocenters. The molecule has 1 aromatic carbocycles. The average Bonchev–Trinajstić information content (AvgIpc) is 2.36. The Morgan fingerprint density at radius 2 is 2.11 bits per heavy atom. The van der Waals surface area contributed by atoms with Crippen molar-refractivity contribution < 1.29 is 13.5 Å². The van der Waals surface area contributed by atoms with E-state index in [9.17, 15) is 8.78 Å². The molecule has 0 amide bonds. The predicted octanol–water partition coefficient (Wildman–Crippen LogP) is 3.64. The number of halogens is 2. The van der Waals surface area contributed by atoms with Crippen molar-refractivity contribution in [2.75, 3.05) is 11.9 Å². The van der Waals surface area contributed by atoms with Gasteiger partial charge < -0.3 is 10.1 Å². The number of hydrogen-bond acceptors (Lipinski definition) is 2. The van der Waals surface area contributed by atoms with Crippen LogP contribution < -0.4 is 5.32 Å². The van der Waals surface area contributed by atoms with Crippen LogP contribution in [0.3, 0.4) is 0 Å². The zero-order valence-corrected chi connectivity index (χ0v) is 10.8. The van der Waals surface area contributed by atoms with Crippen molar-refractivity contribution in [2.45, 2.75) is 45.3 Å². The minimum atomic E-state index is -0.395. The summed E-state index contributed by atoms with van der Waals surface area (Å²) in [5.41, 5.74) is 0.580. The van der Waals surface area contributed by atoms with Crippen LogP contribution in [0.4, 0.5) is 14.5 Å². The van der Waals surface area contributed by atoms with Crippen molar-refractivity contribution in [3.63, 3.8) is 0 Å². The van der Waals surface area contributed by atoms with Crippen LogP contribution >= 0.6 is 0 Å². The summed E-state index contributed by atoms with van der Waals surface area (Å²) in [6.07, 6.45) is 2.83. The van der Waals surface area contributed by atoms with Crippen LogP contribution in [0.25, 0.3) is 0 Å². The van der Waals surface area contributed by atoms with E-state index < -0.39 is 5.82 Å². The molecule has 4 heteroatoms. The molecule has 0 aromatic heterocycles. The van der Waals surface area contributed by atoms with Gasteiger partial charge in [0.1, 0.15) is 11.6 Å². The number of ether oxygens (including phenoxy) is 1. The van der Waals surface area contributed by atoms with E-state index in [0.29, 0.717) is 12.2 Å². The summed E-state index contributed by atoms with van der Waals surface area (Å²) in [6, 6.07) is 2.62. The molecule has 1 aliphatic rings. The van der Waals surface area contributed by atoms with Gasteiger partial charge in [-0.3, -0.25) is 0 Å². The first-order chi connectivity index (χ1) is 8.60. The topological polar surface area (TPSA) is 21.3 Å². The van der Waals surface area contributed by atoms with Crippen LogP contribution in [0.1, 0.15) is 31.7 Å². The van der Waals surface area contributed by atoms with E-state index in [1.165, 1.54) is 12.1 Å². The van der Waals surface area contributed by atoms with Crippen LogP contribution in [-0.2, 0) is 4.74 Å². The Bertz CT molecular complexity index is 423. The van der Waals surface area contributed by atoms with Crippen molar-refractivity contribution in [3.8, 4) is 0 Å². The molecular formula is C14H19F2NO. The fourth-order valence-electron chi connectivity index (χ4n) is 2.27. The van der Waals surface area contributed by atoms with Gasteiger partial charge in [-0.25, -0.2) is 8.78 Å². The molecule has 0 aliphatic carbocycles. The Labute approximate surface area is 106 Å². The highest BCUT2D eigenvalue weighted by Crippen LogP contribution is 2.24. The van der Waals surface area contributed by atoms with Gasteiger partial charge in [-0.05, 0) is 37.8 Å². The number of rotatable bonds is 3. The van der Waals surface area contributed by atoms with E-state index >= 15 is 0 Å². The zero-order chi connectivity index (χ0) is 13.1. The maximum atomic E-state index is 13.7. The van der Waals surface area contributed by atoms with Crippen LogP contribution in [0, 0.1) is 18.6 Å². The minimum absolute atomic E-state index is 0.153. The molecule has 2 nitrogen and oxygen atoms in total. The minimum Gasteiger partial charge on any atom is -0.380 e. The molecule has 1 saturated heterocycles. The Balaban J connectivity index is 2.07. The molecule has 0 radical (unpaired) electrons. The van der Waals surface area contributed by atoms with E-state index in [-0.39, 0.29) is 23.7 Å². The molecule has 1 N–H and O–H groups in total. The largest absolute Gasteiger partial charge is 0.380 e. The lowest BCUT2D eigenvalue weighted by atomic mass is 10.0. The summed E-state index contributed by atoms with van der Waals surface area (Å²) in [5, 5.41) is 3.09. The summed E-state index contributed by atoms with van der Waals surface area (Å²) in [4.78, 5) is 0. The maximum Gasteiger partial charge on any atom is 0.146 e. The maximum absolute atomic E-state index is 13.7. The van der Waals surface area contributed by atoms with Crippen LogP contribution in [0.15, 0.2) is 12.1 Å². The third-order valence-electron chi connectivity index (χ3n) is 3.43. The van der Waals surface area contributed by atoms with Gasteiger partial charge in [0.2, 0.25) is 0 Å². The molecule has 0 saturated carbocycles. The van der Waals surface area contributed by atoms with Crippen molar-refractivity contribution in [3.05, 3.63) is 29.3 Å². The van der Waals surface area contributed by atoms with Gasteiger partial charge >= 0.3 is 0 Å². The Kier molecular flexibility index (Phi) is 4.17. The highest BCUT2D eigenvalue weighted by molar-refractivity contribution is 5.47. The first-order valence-corrected chi connectivity index (χ1v) is 6.44. The monoisotopic (exact) mass is 255 g/mol. The third-order valence-corrected chi connectivity index (χ3v) is 3.43. The molecule has 18 heavy (non-hydrogen) atoms. The van der Waals surface area contributed by atoms with Crippen LogP contribution in [-0.4, -0.2) is 18.8 Å². The molecule has 2 rings (SSSR count). The Hall–Kier alpha value is -1.16. The predicted molar refractivity (Wildman–Crippen MR) is 67.8 cm³/mol. The number of nitrogens with one attached hydrogen (secondary N) is 1. The molecule has 100 valence electrons. The fourth-order valence-corrected chi connectivity index (χ4v) is 2.27. The van der Waals surface area contributed by atoms with Crippen molar-refractivity contribution in [1.29, 1.82) is 0 Å². The van der Waals surface area contributed by atoms with E-state index in [0.717, 1.165) is 19.3 Å². The summed E-state index contributed by atoms with van der Waals surface area (Å²) < 4.78 is 32.7. The second kappa shape index (κ2) is 5.65. The standard InChI is InChI=1S/C14H19F2NO/c1-3-11-7-10(4-5-18-11)17-14-8-12(15)9(2)6-13(14)16/h6,8,10-11,17H,3-5,7H2,1-2H3. The van der Waals surface area contributed by atoms with Crippen LogP contribution in [0.2, 0.25) is 0 Å². The van der Waals surface area contributed by atoms with Gasteiger partial charge in [0.05, 0.1) is 11.8 Å². The van der Waals surface area contributed by atoms with Crippen LogP contribution in [0.5, 0.6) is 0 Å². The third kappa shape index (κ3) is 2.99. The Morgan fingerprint density at radius 3 is 2.83 bits per heavy atom. The zero-order valence-electron chi connectivity index (χ0n) is 10.8. The number of hydrogen-bond donors (Lipinski definition) is 1. The van der Waals surface area contributed by atoms with Gasteiger partial charge in [-0.2, -0.15) is 0 Å². The second-order valence-corrected chi connectivity index (χ2v) is 4.85. The molecule has 1 aliphatic heterocycles. The van der Waals surface area contributed by atoms with E-state index in [2.05, 4.69) is 12.2 Å². The molecular weight excluding hydrogens is 236 g/mol. The van der Waals surface area contributed by atoms with E-state index in [4.69, 9.17) is 4.74 Å². The molecule has 1 heterocycles. The number of aryl methyl sites for hydroxylation is 1. The van der Waals surface area contributed by atoms with Gasteiger partial charge in [0.25, 0.3) is 0 Å². The second-order valence-electron chi connectivity index (χ2n) is 4.85. The van der Waals surface area contributed by atoms with E-state index in [1.54, 1.807) is 6.92 Å². The van der Waals surface area contributed by atoms with Gasteiger partial charge in [-0.15, -0.1) is 0 Å². The number of benzene rings is 1. The fraction of sp³-hybridized carbons (Fsp3) is 0.571. The lowest BCUT2D eigenvalue weighted by molar-refractivity contribution is 0.00921. The SMILES string of the molecule is CCC1CC(Nc2cc(F)c(C)cc2F)CCO1. The highest BCUT2D eigenvalue weighted by atomic mass is 19.1. The first kappa shape index (κ1) is 13.3. The number of anilines is 1. The van der Waals surface area contributed by atoms with Gasteiger partial charge in [0, 0.05) is 18.7 Å². The van der Waals surface area contributed by atoms with Gasteiger partial charge in [0.15, 0.2) is 0 Å². The quantitative estimate of drug-likeness (QED) is 0.890. The van der Waals surface area contributed by atoms with E-state index in [1.807, 2.05) is 0 Å². The molecule has 1 aromatic rings. The smallest absolute Gasteiger partial charge is 0.146 e. The summed E-state index contributed by atoms with van der Waals surface area (Å²) >= 11 is 0. The lowest BCUT2D eigenvalue weighted by Crippen LogP contribution is -2.34. The summed E-state index contributed by atoms with van der Waals surface area (Å²) in [5.74, 6) is -0.772. The summed E-state index contributed by atoms with van der Waals surface area (Å²) in [6.45, 7) is 4.30. The molecule has 0 spiro atoms. The summed E-state index contributed by atoms with van der Waals surface area (Å²) in [7, 11) is 0.